The minimum absolute atomic E-state index is 0.115. The number of urea groups is 1. The largest absolute Gasteiger partial charge is 0.327 e. The first-order chi connectivity index (χ1) is 12.4. The van der Waals surface area contributed by atoms with Crippen LogP contribution in [0.4, 0.5) is 4.79 Å². The van der Waals surface area contributed by atoms with Gasteiger partial charge in [0.1, 0.15) is 5.54 Å². The number of carbonyl (C=O) groups excluding carboxylic acids is 3. The highest BCUT2D eigenvalue weighted by Gasteiger charge is 2.59. The molecule has 0 aromatic heterocycles. The van der Waals surface area contributed by atoms with Crippen molar-refractivity contribution in [2.45, 2.75) is 31.7 Å². The minimum atomic E-state index is -0.873. The van der Waals surface area contributed by atoms with E-state index < -0.39 is 5.54 Å². The lowest BCUT2D eigenvalue weighted by Crippen LogP contribution is -2.55. The molecule has 2 fully saturated rings. The average molecular weight is 352 g/mol. The van der Waals surface area contributed by atoms with Crippen molar-refractivity contribution in [2.24, 2.45) is 17.8 Å². The predicted molar refractivity (Wildman–Crippen MR) is 97.5 cm³/mol. The fourth-order valence-electron chi connectivity index (χ4n) is 4.87. The van der Waals surface area contributed by atoms with Crippen molar-refractivity contribution in [3.63, 3.8) is 0 Å². The first kappa shape index (κ1) is 17.0. The topological polar surface area (TPSA) is 57.7 Å². The molecule has 2 bridgehead atoms. The molecule has 5 heteroatoms. The molecule has 0 N–H and O–H groups in total. The molecule has 1 aromatic carbocycles. The molecule has 4 atom stereocenters. The van der Waals surface area contributed by atoms with E-state index in [9.17, 15) is 14.4 Å². The van der Waals surface area contributed by atoms with Crippen LogP contribution in [0.1, 0.15) is 36.5 Å². The predicted octanol–water partition coefficient (Wildman–Crippen LogP) is 3.12. The minimum Gasteiger partial charge on any atom is -0.313 e. The number of benzene rings is 1. The van der Waals surface area contributed by atoms with Crippen LogP contribution in [0.25, 0.3) is 0 Å². The molecular formula is C21H24N2O3. The number of imide groups is 1. The maximum absolute atomic E-state index is 13.3. The first-order valence-electron chi connectivity index (χ1n) is 9.29. The van der Waals surface area contributed by atoms with E-state index in [1.807, 2.05) is 13.0 Å². The molecular weight excluding hydrogens is 328 g/mol. The summed E-state index contributed by atoms with van der Waals surface area (Å²) >= 11 is 0. The third kappa shape index (κ3) is 2.41. The SMILES string of the molecule is CN1C(=O)N(CC(=O)c2ccccc2)C(=O)C1(C)[C@H]1C[C@H]2C=C[C@@H]1CC2. The lowest BCUT2D eigenvalue weighted by molar-refractivity contribution is -0.136. The lowest BCUT2D eigenvalue weighted by atomic mass is 9.62. The monoisotopic (exact) mass is 352 g/mol. The number of hydrogen-bond donors (Lipinski definition) is 0. The van der Waals surface area contributed by atoms with Gasteiger partial charge in [0.05, 0.1) is 6.54 Å². The van der Waals surface area contributed by atoms with Gasteiger partial charge in [-0.25, -0.2) is 4.79 Å². The first-order valence-corrected chi connectivity index (χ1v) is 9.29. The highest BCUT2D eigenvalue weighted by molar-refractivity contribution is 6.11. The van der Waals surface area contributed by atoms with Gasteiger partial charge in [0.25, 0.3) is 5.91 Å². The maximum Gasteiger partial charge on any atom is 0.327 e. The van der Waals surface area contributed by atoms with E-state index in [-0.39, 0.29) is 30.2 Å². The van der Waals surface area contributed by atoms with Crippen molar-refractivity contribution < 1.29 is 14.4 Å². The normalized spacial score (nSPS) is 33.2. The number of hydrogen-bond acceptors (Lipinski definition) is 3. The van der Waals surface area contributed by atoms with Crippen molar-refractivity contribution in [3.8, 4) is 0 Å². The average Bonchev–Trinajstić information content (AvgIpc) is 2.85. The molecule has 1 aromatic rings. The Hall–Kier alpha value is -2.43. The summed E-state index contributed by atoms with van der Waals surface area (Å²) in [5.74, 6) is 0.492. The second kappa shape index (κ2) is 6.08. The van der Waals surface area contributed by atoms with Crippen LogP contribution in [0.15, 0.2) is 42.5 Å². The number of likely N-dealkylation sites (N-methyl/N-ethyl adjacent to an activating group) is 1. The number of amides is 3. The Bertz CT molecular complexity index is 788. The van der Waals surface area contributed by atoms with Gasteiger partial charge in [0.2, 0.25) is 0 Å². The van der Waals surface area contributed by atoms with Gasteiger partial charge in [0.15, 0.2) is 5.78 Å². The second-order valence-corrected chi connectivity index (χ2v) is 7.90. The Labute approximate surface area is 153 Å². The summed E-state index contributed by atoms with van der Waals surface area (Å²) in [6.45, 7) is 1.68. The molecule has 26 heavy (non-hydrogen) atoms. The smallest absolute Gasteiger partial charge is 0.313 e. The number of rotatable bonds is 4. The van der Waals surface area contributed by atoms with Crippen LogP contribution >= 0.6 is 0 Å². The van der Waals surface area contributed by atoms with E-state index in [0.29, 0.717) is 17.4 Å². The number of Topliss-reactive ketones (excluding diaryl/α,β-unsaturated/α-hetero) is 1. The van der Waals surface area contributed by atoms with Gasteiger partial charge in [-0.05, 0) is 43.9 Å². The zero-order valence-corrected chi connectivity index (χ0v) is 15.2. The molecule has 1 unspecified atom stereocenters. The Kier molecular flexibility index (Phi) is 3.98. The van der Waals surface area contributed by atoms with Crippen LogP contribution < -0.4 is 0 Å². The molecule has 1 aliphatic heterocycles. The molecule has 5 rings (SSSR count). The second-order valence-electron chi connectivity index (χ2n) is 7.90. The number of carbonyl (C=O) groups is 3. The van der Waals surface area contributed by atoms with Gasteiger partial charge in [-0.1, -0.05) is 42.5 Å². The zero-order valence-electron chi connectivity index (χ0n) is 15.2. The van der Waals surface area contributed by atoms with E-state index in [0.717, 1.165) is 24.2 Å². The summed E-state index contributed by atoms with van der Waals surface area (Å²) in [5, 5.41) is 0. The Morgan fingerprint density at radius 3 is 2.46 bits per heavy atom. The van der Waals surface area contributed by atoms with Crippen molar-refractivity contribution in [1.82, 2.24) is 9.80 Å². The molecule has 1 saturated heterocycles. The van der Waals surface area contributed by atoms with Crippen LogP contribution in [-0.2, 0) is 4.79 Å². The van der Waals surface area contributed by atoms with Crippen molar-refractivity contribution in [2.75, 3.05) is 13.6 Å². The van der Waals surface area contributed by atoms with Crippen LogP contribution in [-0.4, -0.2) is 46.7 Å². The molecule has 5 nitrogen and oxygen atoms in total. The maximum atomic E-state index is 13.3. The van der Waals surface area contributed by atoms with E-state index in [4.69, 9.17) is 0 Å². The van der Waals surface area contributed by atoms with Gasteiger partial charge < -0.3 is 4.90 Å². The van der Waals surface area contributed by atoms with Crippen LogP contribution in [0.3, 0.4) is 0 Å². The van der Waals surface area contributed by atoms with Gasteiger partial charge in [-0.15, -0.1) is 0 Å². The summed E-state index contributed by atoms with van der Waals surface area (Å²) in [5.41, 5.74) is -0.355. The van der Waals surface area contributed by atoms with E-state index >= 15 is 0 Å². The Morgan fingerprint density at radius 1 is 1.15 bits per heavy atom. The molecule has 0 radical (unpaired) electrons. The number of nitrogens with zero attached hydrogens (tertiary/aromatic N) is 2. The Morgan fingerprint density at radius 2 is 1.88 bits per heavy atom. The molecule has 1 saturated carbocycles. The van der Waals surface area contributed by atoms with Crippen LogP contribution in [0, 0.1) is 17.8 Å². The fraction of sp³-hybridized carbons (Fsp3) is 0.476. The molecule has 4 aliphatic rings. The van der Waals surface area contributed by atoms with E-state index in [2.05, 4.69) is 12.2 Å². The summed E-state index contributed by atoms with van der Waals surface area (Å²) in [7, 11) is 1.69. The summed E-state index contributed by atoms with van der Waals surface area (Å²) in [6, 6.07) is 8.44. The van der Waals surface area contributed by atoms with Gasteiger partial charge in [-0.3, -0.25) is 14.5 Å². The number of allylic oxidation sites excluding steroid dienone is 2. The molecule has 0 spiro atoms. The van der Waals surface area contributed by atoms with Crippen molar-refractivity contribution in [3.05, 3.63) is 48.0 Å². The summed E-state index contributed by atoms with van der Waals surface area (Å²) < 4.78 is 0. The Balaban J connectivity index is 1.59. The third-order valence-electron chi connectivity index (χ3n) is 6.59. The lowest BCUT2D eigenvalue weighted by Gasteiger charge is -2.47. The third-order valence-corrected chi connectivity index (χ3v) is 6.59. The highest BCUT2D eigenvalue weighted by atomic mass is 16.2. The van der Waals surface area contributed by atoms with Gasteiger partial charge in [-0.2, -0.15) is 0 Å². The van der Waals surface area contributed by atoms with E-state index in [1.54, 1.807) is 36.2 Å². The highest BCUT2D eigenvalue weighted by Crippen LogP contribution is 2.49. The molecule has 3 aliphatic carbocycles. The molecule has 1 heterocycles. The molecule has 3 amide bonds. The standard InChI is InChI=1S/C21H24N2O3/c1-21(17-12-14-8-10-15(17)11-9-14)19(25)23(20(26)22(21)2)13-18(24)16-6-4-3-5-7-16/h3-8,10,14-15,17H,9,11-13H2,1-2H3/t14-,15+,17-,21?/m0/s1. The van der Waals surface area contributed by atoms with Gasteiger partial charge >= 0.3 is 6.03 Å². The summed E-state index contributed by atoms with van der Waals surface area (Å²) in [4.78, 5) is 41.3. The number of fused-ring (bicyclic) bond motifs is 2. The quantitative estimate of drug-likeness (QED) is 0.475. The number of ketones is 1. The fourth-order valence-corrected chi connectivity index (χ4v) is 4.87. The zero-order chi connectivity index (χ0) is 18.5. The van der Waals surface area contributed by atoms with Crippen molar-refractivity contribution >= 4 is 17.7 Å². The summed E-state index contributed by atoms with van der Waals surface area (Å²) in [6.07, 6.45) is 7.64. The molecule has 136 valence electrons. The van der Waals surface area contributed by atoms with E-state index in [1.165, 1.54) is 0 Å². The van der Waals surface area contributed by atoms with Crippen LogP contribution in [0.2, 0.25) is 0 Å². The van der Waals surface area contributed by atoms with Gasteiger partial charge in [0, 0.05) is 12.6 Å². The van der Waals surface area contributed by atoms with Crippen molar-refractivity contribution in [1.29, 1.82) is 0 Å². The van der Waals surface area contributed by atoms with Crippen LogP contribution in [0.5, 0.6) is 0 Å².